The van der Waals surface area contributed by atoms with Crippen molar-refractivity contribution in [3.05, 3.63) is 48.0 Å². The Morgan fingerprint density at radius 2 is 2.17 bits per heavy atom. The van der Waals surface area contributed by atoms with Gasteiger partial charge in [0.2, 0.25) is 0 Å². The molecule has 1 heterocycles. The Hall–Kier alpha value is -2.10. The summed E-state index contributed by atoms with van der Waals surface area (Å²) in [6.07, 6.45) is 1.80. The van der Waals surface area contributed by atoms with Gasteiger partial charge in [0, 0.05) is 18.3 Å². The molecule has 4 heteroatoms. The molecule has 0 radical (unpaired) electrons. The van der Waals surface area contributed by atoms with E-state index < -0.39 is 5.97 Å². The van der Waals surface area contributed by atoms with Crippen LogP contribution in [0.3, 0.4) is 0 Å². The monoisotopic (exact) mass is 247 g/mol. The van der Waals surface area contributed by atoms with Crippen LogP contribution in [0, 0.1) is 5.82 Å². The number of carbonyl (C=O) groups is 1. The number of esters is 1. The van der Waals surface area contributed by atoms with Crippen LogP contribution in [-0.4, -0.2) is 17.6 Å². The second-order valence-electron chi connectivity index (χ2n) is 3.87. The average molecular weight is 247 g/mol. The zero-order chi connectivity index (χ0) is 13.1. The van der Waals surface area contributed by atoms with Crippen molar-refractivity contribution in [1.29, 1.82) is 0 Å². The first kappa shape index (κ1) is 12.4. The second-order valence-corrected chi connectivity index (χ2v) is 3.87. The van der Waals surface area contributed by atoms with E-state index in [-0.39, 0.29) is 5.82 Å². The molecule has 94 valence electrons. The molecule has 0 unspecified atom stereocenters. The van der Waals surface area contributed by atoms with Crippen LogP contribution >= 0.6 is 0 Å². The van der Waals surface area contributed by atoms with E-state index in [4.69, 9.17) is 4.74 Å². The zero-order valence-corrected chi connectivity index (χ0v) is 10.3. The summed E-state index contributed by atoms with van der Waals surface area (Å²) in [5.41, 5.74) is 1.80. The number of hydrogen-bond donors (Lipinski definition) is 0. The first-order valence-corrected chi connectivity index (χ1v) is 5.70. The number of nitrogens with zero attached hydrogens (tertiary/aromatic N) is 1. The minimum absolute atomic E-state index is 0.326. The number of carbonyl (C=O) groups excluding carboxylic acids is 1. The van der Waals surface area contributed by atoms with Gasteiger partial charge in [0.15, 0.2) is 0 Å². The van der Waals surface area contributed by atoms with Crippen molar-refractivity contribution in [2.24, 2.45) is 0 Å². The third kappa shape index (κ3) is 2.14. The summed E-state index contributed by atoms with van der Waals surface area (Å²) >= 11 is 0. The molecule has 0 aliphatic heterocycles. The lowest BCUT2D eigenvalue weighted by molar-refractivity contribution is 0.0589. The highest BCUT2D eigenvalue weighted by Crippen LogP contribution is 2.26. The maximum atomic E-state index is 13.2. The zero-order valence-electron chi connectivity index (χ0n) is 10.3. The minimum atomic E-state index is -0.416. The van der Waals surface area contributed by atoms with Crippen molar-refractivity contribution in [2.75, 3.05) is 7.11 Å². The fourth-order valence-corrected chi connectivity index (χ4v) is 1.95. The molecule has 0 atom stereocenters. The molecular formula is C14H14FNO2. The van der Waals surface area contributed by atoms with Gasteiger partial charge in [-0.1, -0.05) is 12.1 Å². The topological polar surface area (TPSA) is 31.2 Å². The Kier molecular flexibility index (Phi) is 3.46. The van der Waals surface area contributed by atoms with E-state index >= 15 is 0 Å². The standard InChI is InChI=1S/C14H14FNO2/c1-3-16-8-7-12(13(16)14(17)18-2)10-5-4-6-11(15)9-10/h4-9H,3H2,1-2H3. The summed E-state index contributed by atoms with van der Waals surface area (Å²) in [7, 11) is 1.34. The van der Waals surface area contributed by atoms with Crippen molar-refractivity contribution in [3.63, 3.8) is 0 Å². The Morgan fingerprint density at radius 3 is 2.78 bits per heavy atom. The summed E-state index contributed by atoms with van der Waals surface area (Å²) < 4.78 is 19.8. The Balaban J connectivity index is 2.57. The Morgan fingerprint density at radius 1 is 1.39 bits per heavy atom. The highest BCUT2D eigenvalue weighted by Gasteiger charge is 2.18. The first-order valence-electron chi connectivity index (χ1n) is 5.70. The molecule has 1 aromatic heterocycles. The van der Waals surface area contributed by atoms with Gasteiger partial charge in [0.1, 0.15) is 11.5 Å². The van der Waals surface area contributed by atoms with E-state index in [1.54, 1.807) is 29.0 Å². The van der Waals surface area contributed by atoms with Gasteiger partial charge in [0.25, 0.3) is 0 Å². The molecule has 0 saturated carbocycles. The molecule has 0 N–H and O–H groups in total. The summed E-state index contributed by atoms with van der Waals surface area (Å²) in [4.78, 5) is 11.8. The number of benzene rings is 1. The molecule has 0 amide bonds. The van der Waals surface area contributed by atoms with Gasteiger partial charge < -0.3 is 9.30 Å². The van der Waals surface area contributed by atoms with Crippen LogP contribution in [0.1, 0.15) is 17.4 Å². The van der Waals surface area contributed by atoms with Gasteiger partial charge in [-0.3, -0.25) is 0 Å². The summed E-state index contributed by atoms with van der Waals surface area (Å²) in [5, 5.41) is 0. The molecule has 0 bridgehead atoms. The maximum Gasteiger partial charge on any atom is 0.355 e. The van der Waals surface area contributed by atoms with Gasteiger partial charge in [-0.05, 0) is 30.7 Å². The molecule has 3 nitrogen and oxygen atoms in total. The highest BCUT2D eigenvalue weighted by molar-refractivity contribution is 5.95. The highest BCUT2D eigenvalue weighted by atomic mass is 19.1. The molecule has 0 saturated heterocycles. The van der Waals surface area contributed by atoms with E-state index in [2.05, 4.69) is 0 Å². The van der Waals surface area contributed by atoms with Crippen molar-refractivity contribution in [3.8, 4) is 11.1 Å². The summed E-state index contributed by atoms with van der Waals surface area (Å²) in [6, 6.07) is 7.96. The molecule has 0 fully saturated rings. The lowest BCUT2D eigenvalue weighted by Crippen LogP contribution is -2.10. The number of halogens is 1. The second kappa shape index (κ2) is 5.04. The van der Waals surface area contributed by atoms with Crippen LogP contribution in [0.4, 0.5) is 4.39 Å². The van der Waals surface area contributed by atoms with Crippen molar-refractivity contribution < 1.29 is 13.9 Å². The quantitative estimate of drug-likeness (QED) is 0.780. The van der Waals surface area contributed by atoms with E-state index in [0.717, 1.165) is 0 Å². The van der Waals surface area contributed by atoms with Gasteiger partial charge in [-0.15, -0.1) is 0 Å². The van der Waals surface area contributed by atoms with Gasteiger partial charge in [-0.2, -0.15) is 0 Å². The number of hydrogen-bond acceptors (Lipinski definition) is 2. The lowest BCUT2D eigenvalue weighted by Gasteiger charge is -2.07. The SMILES string of the molecule is CCn1ccc(-c2cccc(F)c2)c1C(=O)OC. The normalized spacial score (nSPS) is 10.4. The fourth-order valence-electron chi connectivity index (χ4n) is 1.95. The number of aryl methyl sites for hydroxylation is 1. The van der Waals surface area contributed by atoms with Gasteiger partial charge >= 0.3 is 5.97 Å². The van der Waals surface area contributed by atoms with Crippen LogP contribution < -0.4 is 0 Å². The average Bonchev–Trinajstić information content (AvgIpc) is 2.81. The third-order valence-corrected chi connectivity index (χ3v) is 2.82. The minimum Gasteiger partial charge on any atom is -0.464 e. The molecular weight excluding hydrogens is 233 g/mol. The van der Waals surface area contributed by atoms with Gasteiger partial charge in [0.05, 0.1) is 7.11 Å². The van der Waals surface area contributed by atoms with E-state index in [1.165, 1.54) is 19.2 Å². The molecule has 0 aliphatic rings. The van der Waals surface area contributed by atoms with E-state index in [0.29, 0.717) is 23.4 Å². The summed E-state index contributed by atoms with van der Waals surface area (Å²) in [5.74, 6) is -0.742. The summed E-state index contributed by atoms with van der Waals surface area (Å²) in [6.45, 7) is 2.58. The maximum absolute atomic E-state index is 13.2. The Bertz CT molecular complexity index is 575. The lowest BCUT2D eigenvalue weighted by atomic mass is 10.1. The number of rotatable bonds is 3. The molecule has 0 aliphatic carbocycles. The fraction of sp³-hybridized carbons (Fsp3) is 0.214. The van der Waals surface area contributed by atoms with Crippen LogP contribution in [0.2, 0.25) is 0 Å². The van der Waals surface area contributed by atoms with Gasteiger partial charge in [-0.25, -0.2) is 9.18 Å². The number of methoxy groups -OCH3 is 1. The van der Waals surface area contributed by atoms with Crippen molar-refractivity contribution in [1.82, 2.24) is 4.57 Å². The first-order chi connectivity index (χ1) is 8.67. The Labute approximate surface area is 105 Å². The van der Waals surface area contributed by atoms with Crippen LogP contribution in [0.5, 0.6) is 0 Å². The molecule has 0 spiro atoms. The van der Waals surface area contributed by atoms with Crippen LogP contribution in [0.25, 0.3) is 11.1 Å². The van der Waals surface area contributed by atoms with E-state index in [9.17, 15) is 9.18 Å². The molecule has 2 aromatic rings. The number of aromatic nitrogens is 1. The predicted octanol–water partition coefficient (Wildman–Crippen LogP) is 3.10. The van der Waals surface area contributed by atoms with Crippen molar-refractivity contribution in [2.45, 2.75) is 13.5 Å². The predicted molar refractivity (Wildman–Crippen MR) is 66.8 cm³/mol. The molecule has 18 heavy (non-hydrogen) atoms. The smallest absolute Gasteiger partial charge is 0.355 e. The van der Waals surface area contributed by atoms with E-state index in [1.807, 2.05) is 6.92 Å². The van der Waals surface area contributed by atoms with Crippen LogP contribution in [-0.2, 0) is 11.3 Å². The van der Waals surface area contributed by atoms with Crippen LogP contribution in [0.15, 0.2) is 36.5 Å². The number of ether oxygens (including phenoxy) is 1. The molecule has 2 rings (SSSR count). The largest absolute Gasteiger partial charge is 0.464 e. The molecule has 1 aromatic carbocycles. The van der Waals surface area contributed by atoms with Crippen molar-refractivity contribution >= 4 is 5.97 Å². The third-order valence-electron chi connectivity index (χ3n) is 2.82.